The van der Waals surface area contributed by atoms with Gasteiger partial charge in [-0.05, 0) is 37.0 Å². The van der Waals surface area contributed by atoms with Crippen LogP contribution in [-0.4, -0.2) is 50.5 Å². The maximum atomic E-state index is 14.4. The summed E-state index contributed by atoms with van der Waals surface area (Å²) in [6.07, 6.45) is 0.558. The van der Waals surface area contributed by atoms with Crippen molar-refractivity contribution >= 4 is 17.5 Å². The number of alkyl halides is 2. The number of hydrogen-bond donors (Lipinski definition) is 3. The molecule has 3 atom stereocenters. The number of aliphatic hydroxyl groups is 1. The summed E-state index contributed by atoms with van der Waals surface area (Å²) in [5, 5.41) is 20.8. The van der Waals surface area contributed by atoms with Crippen molar-refractivity contribution in [2.75, 3.05) is 13.1 Å². The average molecular weight is 598 g/mol. The zero-order valence-corrected chi connectivity index (χ0v) is 23.4. The largest absolute Gasteiger partial charge is 0.438 e. The molecule has 1 saturated carbocycles. The van der Waals surface area contributed by atoms with Crippen molar-refractivity contribution in [3.05, 3.63) is 86.9 Å². The first-order valence-corrected chi connectivity index (χ1v) is 14.0. The summed E-state index contributed by atoms with van der Waals surface area (Å²) < 4.78 is 34.6. The summed E-state index contributed by atoms with van der Waals surface area (Å²) in [6, 6.07) is 14.0. The standard InChI is InChI=1S/C30H30ClF2N5O4/c31-23-14-20(7-6-19(23)16-34)42-27-24(26(39)36-17-37-27)25(35)29(41)10-12-38(13-11-29)28(40)21-8-9-30(32,33)15-22(21)18-4-2-1-3-5-18/h1-7,14,17,21-22,25,41H,8-13,15,35H2,(H,36,37,39)/t21-,22+,25?/m1/s1. The highest BCUT2D eigenvalue weighted by atomic mass is 35.5. The molecule has 1 aromatic heterocycles. The van der Waals surface area contributed by atoms with E-state index in [2.05, 4.69) is 9.97 Å². The molecule has 4 N–H and O–H groups in total. The van der Waals surface area contributed by atoms with E-state index in [4.69, 9.17) is 27.3 Å². The van der Waals surface area contributed by atoms with Crippen molar-refractivity contribution in [1.82, 2.24) is 14.9 Å². The van der Waals surface area contributed by atoms with Crippen molar-refractivity contribution in [3.63, 3.8) is 0 Å². The van der Waals surface area contributed by atoms with Crippen LogP contribution < -0.4 is 16.0 Å². The molecule has 2 fully saturated rings. The molecule has 12 heteroatoms. The molecule has 1 amide bonds. The van der Waals surface area contributed by atoms with Crippen molar-refractivity contribution in [2.45, 2.75) is 55.6 Å². The van der Waals surface area contributed by atoms with E-state index < -0.39 is 41.4 Å². The predicted molar refractivity (Wildman–Crippen MR) is 150 cm³/mol. The van der Waals surface area contributed by atoms with Gasteiger partial charge in [-0.1, -0.05) is 41.9 Å². The number of carbonyl (C=O) groups is 1. The number of amides is 1. The number of piperidine rings is 1. The molecule has 1 aliphatic carbocycles. The Balaban J connectivity index is 1.32. The third-order valence-corrected chi connectivity index (χ3v) is 8.64. The van der Waals surface area contributed by atoms with Crippen LogP contribution in [0.2, 0.25) is 5.02 Å². The van der Waals surface area contributed by atoms with Gasteiger partial charge in [0.15, 0.2) is 0 Å². The number of hydrogen-bond acceptors (Lipinski definition) is 7. The molecule has 0 spiro atoms. The summed E-state index contributed by atoms with van der Waals surface area (Å²) >= 11 is 6.10. The van der Waals surface area contributed by atoms with E-state index in [9.17, 15) is 23.5 Å². The summed E-state index contributed by atoms with van der Waals surface area (Å²) in [5.74, 6) is -4.21. The van der Waals surface area contributed by atoms with Crippen molar-refractivity contribution < 1.29 is 23.4 Å². The third-order valence-electron chi connectivity index (χ3n) is 8.33. The van der Waals surface area contributed by atoms with Crippen LogP contribution in [0.4, 0.5) is 8.78 Å². The van der Waals surface area contributed by atoms with E-state index in [1.165, 1.54) is 18.2 Å². The zero-order valence-electron chi connectivity index (χ0n) is 22.6. The smallest absolute Gasteiger partial charge is 0.259 e. The number of benzene rings is 2. The SMILES string of the molecule is N#Cc1ccc(Oc2nc[nH]c(=O)c2C(N)C2(O)CCN(C(=O)[C@@H]3CCC(F)(F)C[C@H]3c3ccccc3)CC2)cc1Cl. The molecular formula is C30H30ClF2N5O4. The Morgan fingerprint density at radius 1 is 1.21 bits per heavy atom. The molecule has 1 unspecified atom stereocenters. The Labute approximate surface area is 245 Å². The zero-order chi connectivity index (χ0) is 30.1. The molecule has 5 rings (SSSR count). The number of nitrogens with one attached hydrogen (secondary N) is 1. The molecule has 2 heterocycles. The van der Waals surface area contributed by atoms with Gasteiger partial charge in [0.2, 0.25) is 17.7 Å². The van der Waals surface area contributed by atoms with Crippen LogP contribution in [0.5, 0.6) is 11.6 Å². The minimum atomic E-state index is -2.84. The van der Waals surface area contributed by atoms with Crippen LogP contribution in [-0.2, 0) is 4.79 Å². The number of aromatic nitrogens is 2. The molecule has 2 aromatic carbocycles. The summed E-state index contributed by atoms with van der Waals surface area (Å²) in [6.45, 7) is 0.272. The number of rotatable bonds is 6. The lowest BCUT2D eigenvalue weighted by Crippen LogP contribution is -2.54. The number of ether oxygens (including phenoxy) is 1. The minimum absolute atomic E-state index is 0.0509. The molecule has 42 heavy (non-hydrogen) atoms. The Bertz CT molecular complexity index is 1550. The first kappa shape index (κ1) is 29.6. The van der Waals surface area contributed by atoms with E-state index in [1.807, 2.05) is 6.07 Å². The normalized spacial score (nSPS) is 22.1. The molecule has 1 saturated heterocycles. The predicted octanol–water partition coefficient (Wildman–Crippen LogP) is 4.66. The molecule has 0 bridgehead atoms. The van der Waals surface area contributed by atoms with Crippen LogP contribution in [0.15, 0.2) is 59.7 Å². The fourth-order valence-corrected chi connectivity index (χ4v) is 6.13. The minimum Gasteiger partial charge on any atom is -0.438 e. The van der Waals surface area contributed by atoms with E-state index >= 15 is 0 Å². The van der Waals surface area contributed by atoms with Crippen molar-refractivity contribution in [3.8, 4) is 17.7 Å². The molecule has 0 radical (unpaired) electrons. The van der Waals surface area contributed by atoms with Crippen LogP contribution in [0.25, 0.3) is 0 Å². The van der Waals surface area contributed by atoms with Crippen molar-refractivity contribution in [2.24, 2.45) is 11.7 Å². The average Bonchev–Trinajstić information content (AvgIpc) is 2.97. The number of likely N-dealkylation sites (tertiary alicyclic amines) is 1. The monoisotopic (exact) mass is 597 g/mol. The fourth-order valence-electron chi connectivity index (χ4n) is 5.92. The lowest BCUT2D eigenvalue weighted by Gasteiger charge is -2.44. The summed E-state index contributed by atoms with van der Waals surface area (Å²) in [4.78, 5) is 34.7. The number of aromatic amines is 1. The molecule has 220 valence electrons. The van der Waals surface area contributed by atoms with Gasteiger partial charge in [-0.15, -0.1) is 0 Å². The second-order valence-corrected chi connectivity index (χ2v) is 11.3. The topological polar surface area (TPSA) is 145 Å². The number of nitrogens with two attached hydrogens (primary N) is 1. The molecule has 3 aromatic rings. The highest BCUT2D eigenvalue weighted by molar-refractivity contribution is 6.31. The number of nitriles is 1. The number of H-pyrrole nitrogens is 1. The van der Waals surface area contributed by atoms with Crippen LogP contribution in [0, 0.1) is 17.2 Å². The van der Waals surface area contributed by atoms with Gasteiger partial charge in [0, 0.05) is 43.8 Å². The highest BCUT2D eigenvalue weighted by Gasteiger charge is 2.48. The van der Waals surface area contributed by atoms with E-state index in [-0.39, 0.29) is 72.5 Å². The van der Waals surface area contributed by atoms with Gasteiger partial charge in [-0.3, -0.25) is 9.59 Å². The maximum Gasteiger partial charge on any atom is 0.259 e. The highest BCUT2D eigenvalue weighted by Crippen LogP contribution is 2.46. The van der Waals surface area contributed by atoms with Crippen molar-refractivity contribution in [1.29, 1.82) is 5.26 Å². The Morgan fingerprint density at radius 2 is 1.93 bits per heavy atom. The molecular weight excluding hydrogens is 568 g/mol. The number of halogens is 3. The van der Waals surface area contributed by atoms with Gasteiger partial charge >= 0.3 is 0 Å². The number of carbonyl (C=O) groups excluding carboxylic acids is 1. The third kappa shape index (κ3) is 6.02. The fraction of sp³-hybridized carbons (Fsp3) is 0.400. The molecule has 1 aliphatic heterocycles. The van der Waals surface area contributed by atoms with Gasteiger partial charge in [-0.2, -0.15) is 5.26 Å². The number of nitrogens with zero attached hydrogens (tertiary/aromatic N) is 3. The first-order valence-electron chi connectivity index (χ1n) is 13.7. The lowest BCUT2D eigenvalue weighted by atomic mass is 9.72. The van der Waals surface area contributed by atoms with E-state index in [0.717, 1.165) is 6.33 Å². The summed E-state index contributed by atoms with van der Waals surface area (Å²) in [7, 11) is 0. The maximum absolute atomic E-state index is 14.4. The lowest BCUT2D eigenvalue weighted by molar-refractivity contribution is -0.146. The van der Waals surface area contributed by atoms with Gasteiger partial charge < -0.3 is 25.5 Å². The second-order valence-electron chi connectivity index (χ2n) is 10.9. The van der Waals surface area contributed by atoms with E-state index in [0.29, 0.717) is 5.56 Å². The van der Waals surface area contributed by atoms with Crippen LogP contribution >= 0.6 is 11.6 Å². The van der Waals surface area contributed by atoms with Gasteiger partial charge in [-0.25, -0.2) is 13.8 Å². The second kappa shape index (κ2) is 11.8. The van der Waals surface area contributed by atoms with Crippen LogP contribution in [0.1, 0.15) is 60.8 Å². The molecule has 2 aliphatic rings. The molecule has 9 nitrogen and oxygen atoms in total. The van der Waals surface area contributed by atoms with Gasteiger partial charge in [0.1, 0.15) is 11.8 Å². The van der Waals surface area contributed by atoms with Crippen LogP contribution in [0.3, 0.4) is 0 Å². The Morgan fingerprint density at radius 3 is 2.60 bits per heavy atom. The van der Waals surface area contributed by atoms with Gasteiger partial charge in [0.05, 0.1) is 34.1 Å². The van der Waals surface area contributed by atoms with E-state index in [1.54, 1.807) is 35.2 Å². The quantitative estimate of drug-likeness (QED) is 0.375. The van der Waals surface area contributed by atoms with Gasteiger partial charge in [0.25, 0.3) is 5.56 Å². The Kier molecular flexibility index (Phi) is 8.32. The first-order chi connectivity index (χ1) is 20.0. The summed E-state index contributed by atoms with van der Waals surface area (Å²) in [5.41, 5.74) is 5.16. The Hall–Kier alpha value is -3.85.